The van der Waals surface area contributed by atoms with Crippen molar-refractivity contribution in [3.63, 3.8) is 0 Å². The Balaban J connectivity index is 1.98. The smallest absolute Gasteiger partial charge is 0.337 e. The number of nitrogens with zero attached hydrogens (tertiary/aromatic N) is 2. The summed E-state index contributed by atoms with van der Waals surface area (Å²) in [5, 5.41) is 11.4. The van der Waals surface area contributed by atoms with Crippen LogP contribution in [0.25, 0.3) is 0 Å². The Morgan fingerprint density at radius 3 is 3.15 bits per heavy atom. The van der Waals surface area contributed by atoms with Crippen LogP contribution in [0.2, 0.25) is 5.02 Å². The molecule has 1 aliphatic heterocycles. The number of rotatable bonds is 2. The second kappa shape index (κ2) is 5.07. The second-order valence-corrected chi connectivity index (χ2v) is 6.15. The standard InChI is InChI=1S/C14H13ClN2O2S/c1-8-9-3-5-20-12(9)2-4-17(8)13-6-10(14(18)19)11(15)7-16-13/h3,5-8H,2,4H2,1H3,(H,18,19). The van der Waals surface area contributed by atoms with Crippen molar-refractivity contribution in [2.45, 2.75) is 19.4 Å². The van der Waals surface area contributed by atoms with Gasteiger partial charge in [0.05, 0.1) is 16.6 Å². The lowest BCUT2D eigenvalue weighted by molar-refractivity contribution is 0.0697. The summed E-state index contributed by atoms with van der Waals surface area (Å²) in [5.74, 6) is -0.365. The quantitative estimate of drug-likeness (QED) is 0.920. The topological polar surface area (TPSA) is 53.4 Å². The molecule has 0 aromatic carbocycles. The summed E-state index contributed by atoms with van der Waals surface area (Å²) >= 11 is 7.64. The number of halogens is 1. The summed E-state index contributed by atoms with van der Waals surface area (Å²) < 4.78 is 0. The van der Waals surface area contributed by atoms with Gasteiger partial charge >= 0.3 is 5.97 Å². The maximum absolute atomic E-state index is 11.2. The molecular weight excluding hydrogens is 296 g/mol. The van der Waals surface area contributed by atoms with E-state index in [0.717, 1.165) is 13.0 Å². The molecule has 0 saturated carbocycles. The molecule has 3 rings (SSSR count). The van der Waals surface area contributed by atoms with Crippen LogP contribution in [0.3, 0.4) is 0 Å². The van der Waals surface area contributed by atoms with Crippen LogP contribution in [0.15, 0.2) is 23.7 Å². The highest BCUT2D eigenvalue weighted by atomic mass is 35.5. The third-order valence-corrected chi connectivity index (χ3v) is 4.94. The monoisotopic (exact) mass is 308 g/mol. The summed E-state index contributed by atoms with van der Waals surface area (Å²) in [6, 6.07) is 3.88. The number of aromatic nitrogens is 1. The minimum Gasteiger partial charge on any atom is -0.478 e. The van der Waals surface area contributed by atoms with Crippen molar-refractivity contribution in [2.75, 3.05) is 11.4 Å². The third-order valence-electron chi connectivity index (χ3n) is 3.64. The lowest BCUT2D eigenvalue weighted by Crippen LogP contribution is -2.33. The van der Waals surface area contributed by atoms with E-state index >= 15 is 0 Å². The fraction of sp³-hybridized carbons (Fsp3) is 0.286. The summed E-state index contributed by atoms with van der Waals surface area (Å²) in [5.41, 5.74) is 1.40. The number of hydrogen-bond acceptors (Lipinski definition) is 4. The molecule has 0 radical (unpaired) electrons. The number of thiophene rings is 1. The zero-order valence-electron chi connectivity index (χ0n) is 10.8. The number of fused-ring (bicyclic) bond motifs is 1. The molecule has 3 heterocycles. The second-order valence-electron chi connectivity index (χ2n) is 4.75. The van der Waals surface area contributed by atoms with Crippen molar-refractivity contribution in [1.82, 2.24) is 4.98 Å². The summed E-state index contributed by atoms with van der Waals surface area (Å²) in [7, 11) is 0. The molecule has 1 atom stereocenters. The summed E-state index contributed by atoms with van der Waals surface area (Å²) in [6.45, 7) is 2.95. The average molecular weight is 309 g/mol. The zero-order chi connectivity index (χ0) is 14.3. The van der Waals surface area contributed by atoms with E-state index in [9.17, 15) is 4.79 Å². The summed E-state index contributed by atoms with van der Waals surface area (Å²) in [6.07, 6.45) is 2.38. The van der Waals surface area contributed by atoms with Crippen LogP contribution >= 0.6 is 22.9 Å². The van der Waals surface area contributed by atoms with Gasteiger partial charge in [-0.3, -0.25) is 0 Å². The van der Waals surface area contributed by atoms with E-state index in [1.165, 1.54) is 16.6 Å². The fourth-order valence-corrected chi connectivity index (χ4v) is 3.72. The van der Waals surface area contributed by atoms with Crippen molar-refractivity contribution in [3.8, 4) is 0 Å². The minimum atomic E-state index is -1.03. The molecule has 1 N–H and O–H groups in total. The van der Waals surface area contributed by atoms with Gasteiger partial charge in [0.1, 0.15) is 5.82 Å². The molecule has 6 heteroatoms. The minimum absolute atomic E-state index is 0.0972. The van der Waals surface area contributed by atoms with Gasteiger partial charge in [-0.05, 0) is 36.4 Å². The van der Waals surface area contributed by atoms with Crippen LogP contribution in [-0.4, -0.2) is 22.6 Å². The molecule has 0 saturated heterocycles. The molecule has 104 valence electrons. The van der Waals surface area contributed by atoms with Crippen LogP contribution in [-0.2, 0) is 6.42 Å². The molecule has 20 heavy (non-hydrogen) atoms. The van der Waals surface area contributed by atoms with E-state index in [0.29, 0.717) is 5.82 Å². The van der Waals surface area contributed by atoms with Crippen LogP contribution in [0.5, 0.6) is 0 Å². The Bertz CT molecular complexity index is 671. The molecule has 0 spiro atoms. The van der Waals surface area contributed by atoms with Gasteiger partial charge in [0.25, 0.3) is 0 Å². The van der Waals surface area contributed by atoms with Crippen LogP contribution < -0.4 is 4.90 Å². The Morgan fingerprint density at radius 2 is 2.40 bits per heavy atom. The normalized spacial score (nSPS) is 17.9. The molecular formula is C14H13ClN2O2S. The van der Waals surface area contributed by atoms with Gasteiger partial charge in [0.2, 0.25) is 0 Å². The highest BCUT2D eigenvalue weighted by Crippen LogP contribution is 2.35. The fourth-order valence-electron chi connectivity index (χ4n) is 2.57. The van der Waals surface area contributed by atoms with Gasteiger partial charge in [-0.2, -0.15) is 0 Å². The predicted molar refractivity (Wildman–Crippen MR) is 80.0 cm³/mol. The van der Waals surface area contributed by atoms with Crippen LogP contribution in [0, 0.1) is 0 Å². The van der Waals surface area contributed by atoms with Gasteiger partial charge in [-0.15, -0.1) is 11.3 Å². The molecule has 0 amide bonds. The highest BCUT2D eigenvalue weighted by Gasteiger charge is 2.26. The first-order chi connectivity index (χ1) is 9.58. The van der Waals surface area contributed by atoms with Crippen molar-refractivity contribution < 1.29 is 9.90 Å². The molecule has 1 aliphatic rings. The third kappa shape index (κ3) is 2.17. The van der Waals surface area contributed by atoms with Gasteiger partial charge in [-0.1, -0.05) is 11.6 Å². The number of carbonyl (C=O) groups is 1. The Morgan fingerprint density at radius 1 is 1.60 bits per heavy atom. The van der Waals surface area contributed by atoms with E-state index in [2.05, 4.69) is 28.3 Å². The maximum Gasteiger partial charge on any atom is 0.337 e. The van der Waals surface area contributed by atoms with Gasteiger partial charge in [-0.25, -0.2) is 9.78 Å². The van der Waals surface area contributed by atoms with Crippen molar-refractivity contribution in [3.05, 3.63) is 44.7 Å². The molecule has 0 bridgehead atoms. The Hall–Kier alpha value is -1.59. The number of hydrogen-bond donors (Lipinski definition) is 1. The lowest BCUT2D eigenvalue weighted by Gasteiger charge is -2.34. The first-order valence-corrected chi connectivity index (χ1v) is 7.55. The van der Waals surface area contributed by atoms with E-state index in [1.54, 1.807) is 17.4 Å². The van der Waals surface area contributed by atoms with Crippen molar-refractivity contribution in [2.24, 2.45) is 0 Å². The number of carboxylic acid groups (broad SMARTS) is 1. The van der Waals surface area contributed by atoms with E-state index in [4.69, 9.17) is 16.7 Å². The van der Waals surface area contributed by atoms with Crippen LogP contribution in [0.1, 0.15) is 33.8 Å². The van der Waals surface area contributed by atoms with E-state index < -0.39 is 5.97 Å². The lowest BCUT2D eigenvalue weighted by atomic mass is 10.0. The maximum atomic E-state index is 11.2. The Labute approximate surface area is 125 Å². The molecule has 2 aromatic heterocycles. The van der Waals surface area contributed by atoms with E-state index in [-0.39, 0.29) is 16.6 Å². The van der Waals surface area contributed by atoms with Gasteiger partial charge in [0, 0.05) is 17.6 Å². The number of pyridine rings is 1. The number of carboxylic acids is 1. The molecule has 0 aliphatic carbocycles. The van der Waals surface area contributed by atoms with Crippen molar-refractivity contribution >= 4 is 34.7 Å². The first kappa shape index (κ1) is 13.4. The predicted octanol–water partition coefficient (Wildman–Crippen LogP) is 3.62. The highest BCUT2D eigenvalue weighted by molar-refractivity contribution is 7.10. The number of anilines is 1. The molecule has 0 fully saturated rings. The first-order valence-electron chi connectivity index (χ1n) is 6.29. The van der Waals surface area contributed by atoms with Crippen molar-refractivity contribution in [1.29, 1.82) is 0 Å². The molecule has 1 unspecified atom stereocenters. The van der Waals surface area contributed by atoms with Gasteiger partial charge in [0.15, 0.2) is 0 Å². The summed E-state index contributed by atoms with van der Waals surface area (Å²) in [4.78, 5) is 19.0. The van der Waals surface area contributed by atoms with Crippen LogP contribution in [0.4, 0.5) is 5.82 Å². The van der Waals surface area contributed by atoms with E-state index in [1.807, 2.05) is 0 Å². The van der Waals surface area contributed by atoms with Gasteiger partial charge < -0.3 is 10.0 Å². The largest absolute Gasteiger partial charge is 0.478 e. The number of aromatic carboxylic acids is 1. The average Bonchev–Trinajstić information content (AvgIpc) is 2.89. The molecule has 2 aromatic rings. The Kier molecular flexibility index (Phi) is 3.40. The molecule has 4 nitrogen and oxygen atoms in total. The zero-order valence-corrected chi connectivity index (χ0v) is 12.4. The SMILES string of the molecule is CC1c2ccsc2CCN1c1cc(C(=O)O)c(Cl)cn1.